The molecule has 0 aliphatic heterocycles. The van der Waals surface area contributed by atoms with E-state index in [-0.39, 0.29) is 0 Å². The van der Waals surface area contributed by atoms with Crippen LogP contribution in [0.1, 0.15) is 52.6 Å². The number of nitrogens with zero attached hydrogens (tertiary/aromatic N) is 2. The largest absolute Gasteiger partial charge is 0.309 e. The van der Waals surface area contributed by atoms with E-state index in [1.807, 2.05) is 0 Å². The minimum absolute atomic E-state index is 0.809. The maximum atomic E-state index is 2.49. The van der Waals surface area contributed by atoms with E-state index in [4.69, 9.17) is 0 Å². The first kappa shape index (κ1) is 46.5. The molecule has 0 amide bonds. The molecule has 0 saturated heterocycles. The molecule has 15 rings (SSSR count). The summed E-state index contributed by atoms with van der Waals surface area (Å²) in [7, 11) is 0. The van der Waals surface area contributed by atoms with Crippen LogP contribution in [0.15, 0.2) is 285 Å². The Morgan fingerprint density at radius 3 is 1.81 bits per heavy atom. The number of rotatable bonds is 9. The lowest BCUT2D eigenvalue weighted by atomic mass is 9.88. The smallest absolute Gasteiger partial charge is 0.0542 e. The van der Waals surface area contributed by atoms with E-state index in [0.717, 1.165) is 37.8 Å². The molecule has 3 aliphatic carbocycles. The molecule has 0 N–H and O–H groups in total. The second kappa shape index (κ2) is 19.7. The minimum atomic E-state index is 0.809. The summed E-state index contributed by atoms with van der Waals surface area (Å²) in [6, 6.07) is 87.7. The Bertz CT molecular complexity index is 4600. The molecule has 12 aromatic rings. The molecule has 2 aromatic heterocycles. The molecule has 374 valence electrons. The van der Waals surface area contributed by atoms with Gasteiger partial charge in [0.2, 0.25) is 0 Å². The second-order valence-electron chi connectivity index (χ2n) is 21.4. The van der Waals surface area contributed by atoms with Crippen LogP contribution in [0, 0.1) is 0 Å². The van der Waals surface area contributed by atoms with Crippen LogP contribution < -0.4 is 0 Å². The molecular formula is C77H56N2. The van der Waals surface area contributed by atoms with Crippen molar-refractivity contribution >= 4 is 66.0 Å². The highest BCUT2D eigenvalue weighted by molar-refractivity contribution is 6.13. The van der Waals surface area contributed by atoms with Crippen LogP contribution in [-0.4, -0.2) is 9.13 Å². The molecule has 3 aliphatic rings. The zero-order valence-corrected chi connectivity index (χ0v) is 44.0. The Kier molecular flexibility index (Phi) is 11.6. The quantitative estimate of drug-likeness (QED) is 0.136. The van der Waals surface area contributed by atoms with Crippen LogP contribution in [0.5, 0.6) is 0 Å². The standard InChI is InChI=1S/C77H56N2/c1-2-20-54(21-3-1)63-28-12-13-30-65(63)58-24-5-4-22-56(48-58)53-39-41-55(42-40-53)64-29-14-15-33-68(64)66-31-10-7-23-57(66)46-52-38-44-76-72(47-52)69-34-16-18-36-74(69)79(76)62-43-45-77-73(51-62)70-35-17-19-37-75(70)78(77)61-27-9-6-26-60-49-59-25-8-11-32-67(59)71(60)50-61/h1-5,7-21,23-25,27-45,47-48,50-51H,6,22,26,46,49H2/b27-9-,61-50-. The van der Waals surface area contributed by atoms with Gasteiger partial charge in [0.15, 0.2) is 0 Å². The fourth-order valence-corrected chi connectivity index (χ4v) is 13.1. The molecule has 2 heterocycles. The molecule has 0 saturated carbocycles. The first-order valence-electron chi connectivity index (χ1n) is 27.9. The average molecular weight is 1010 g/mol. The van der Waals surface area contributed by atoms with Crippen molar-refractivity contribution in [1.29, 1.82) is 0 Å². The number of benzene rings is 10. The Labute approximate surface area is 461 Å². The fraction of sp³-hybridized carbons (Fsp3) is 0.0649. The highest BCUT2D eigenvalue weighted by atomic mass is 15.0. The van der Waals surface area contributed by atoms with Gasteiger partial charge in [0.25, 0.3) is 0 Å². The summed E-state index contributed by atoms with van der Waals surface area (Å²) in [6.45, 7) is 0. The lowest BCUT2D eigenvalue weighted by Gasteiger charge is -2.16. The number of aromatic nitrogens is 2. The fourth-order valence-electron chi connectivity index (χ4n) is 13.1. The average Bonchev–Trinajstić information content (AvgIpc) is 4.29. The van der Waals surface area contributed by atoms with Gasteiger partial charge in [-0.1, -0.05) is 230 Å². The van der Waals surface area contributed by atoms with Crippen molar-refractivity contribution in [3.05, 3.63) is 318 Å². The van der Waals surface area contributed by atoms with E-state index in [0.29, 0.717) is 0 Å². The summed E-state index contributed by atoms with van der Waals surface area (Å²) in [5.74, 6) is 0. The molecule has 0 spiro atoms. The Hall–Kier alpha value is -9.76. The van der Waals surface area contributed by atoms with Gasteiger partial charge in [-0.25, -0.2) is 0 Å². The van der Waals surface area contributed by atoms with Crippen molar-refractivity contribution in [2.75, 3.05) is 0 Å². The lowest BCUT2D eigenvalue weighted by Crippen LogP contribution is -1.98. The van der Waals surface area contributed by atoms with E-state index in [1.54, 1.807) is 5.57 Å². The predicted octanol–water partition coefficient (Wildman–Crippen LogP) is 20.1. The number of fused-ring (bicyclic) bond motifs is 8. The Morgan fingerprint density at radius 2 is 1.00 bits per heavy atom. The van der Waals surface area contributed by atoms with Crippen LogP contribution in [0.3, 0.4) is 0 Å². The monoisotopic (exact) mass is 1010 g/mol. The van der Waals surface area contributed by atoms with Gasteiger partial charge in [0.1, 0.15) is 0 Å². The SMILES string of the molecule is C1=CCC(c2ccc(-c3ccccc3-c3ccccc3Cc3ccc4c(c3)c3ccccc3n4-c3ccc4c(c3)c3ccccc3n4C3=C\C4=C(CC/C=C\3)Cc3ccccc34)cc2)=CC(c2ccccc2-c2ccccc2)=C1. The van der Waals surface area contributed by atoms with Gasteiger partial charge >= 0.3 is 0 Å². The first-order chi connectivity index (χ1) is 39.2. The first-order valence-corrected chi connectivity index (χ1v) is 27.9. The molecular weight excluding hydrogens is 953 g/mol. The van der Waals surface area contributed by atoms with Crippen LogP contribution in [0.25, 0.3) is 105 Å². The maximum absolute atomic E-state index is 2.49. The van der Waals surface area contributed by atoms with Crippen molar-refractivity contribution in [2.24, 2.45) is 0 Å². The molecule has 0 atom stereocenters. The number of hydrogen-bond donors (Lipinski definition) is 0. The molecule has 0 unspecified atom stereocenters. The Balaban J connectivity index is 0.755. The van der Waals surface area contributed by atoms with E-state index < -0.39 is 0 Å². The molecule has 2 nitrogen and oxygen atoms in total. The molecule has 2 heteroatoms. The summed E-state index contributed by atoms with van der Waals surface area (Å²) < 4.78 is 4.96. The van der Waals surface area contributed by atoms with Gasteiger partial charge < -0.3 is 9.13 Å². The van der Waals surface area contributed by atoms with Crippen molar-refractivity contribution in [3.8, 4) is 39.1 Å². The van der Waals surface area contributed by atoms with Gasteiger partial charge in [0, 0.05) is 32.9 Å². The van der Waals surface area contributed by atoms with Gasteiger partial charge in [-0.05, 0) is 170 Å². The van der Waals surface area contributed by atoms with Crippen molar-refractivity contribution in [3.63, 3.8) is 0 Å². The third-order valence-corrected chi connectivity index (χ3v) is 16.8. The molecule has 0 fully saturated rings. The van der Waals surface area contributed by atoms with Gasteiger partial charge in [-0.3, -0.25) is 0 Å². The van der Waals surface area contributed by atoms with E-state index in [1.165, 1.54) is 133 Å². The van der Waals surface area contributed by atoms with E-state index >= 15 is 0 Å². The topological polar surface area (TPSA) is 9.86 Å². The van der Waals surface area contributed by atoms with Gasteiger partial charge in [-0.2, -0.15) is 0 Å². The van der Waals surface area contributed by atoms with Crippen molar-refractivity contribution in [2.45, 2.75) is 32.1 Å². The zero-order valence-electron chi connectivity index (χ0n) is 44.0. The van der Waals surface area contributed by atoms with Gasteiger partial charge in [0.05, 0.1) is 22.1 Å². The normalized spacial score (nSPS) is 15.3. The number of hydrogen-bond acceptors (Lipinski definition) is 0. The summed E-state index contributed by atoms with van der Waals surface area (Å²) in [4.78, 5) is 0. The molecule has 0 bridgehead atoms. The molecule has 10 aromatic carbocycles. The predicted molar refractivity (Wildman–Crippen MR) is 335 cm³/mol. The summed E-state index contributed by atoms with van der Waals surface area (Å²) in [6.07, 6.45) is 21.2. The van der Waals surface area contributed by atoms with Crippen LogP contribution in [0.2, 0.25) is 0 Å². The number of para-hydroxylation sites is 2. The highest BCUT2D eigenvalue weighted by Gasteiger charge is 2.23. The third-order valence-electron chi connectivity index (χ3n) is 16.8. The minimum Gasteiger partial charge on any atom is -0.309 e. The van der Waals surface area contributed by atoms with Crippen molar-refractivity contribution in [1.82, 2.24) is 9.13 Å². The van der Waals surface area contributed by atoms with E-state index in [9.17, 15) is 0 Å². The third kappa shape index (κ3) is 8.27. The molecule has 0 radical (unpaired) electrons. The summed E-state index contributed by atoms with van der Waals surface area (Å²) in [5, 5.41) is 5.04. The van der Waals surface area contributed by atoms with Crippen LogP contribution in [0.4, 0.5) is 0 Å². The van der Waals surface area contributed by atoms with Crippen molar-refractivity contribution < 1.29 is 0 Å². The van der Waals surface area contributed by atoms with Crippen LogP contribution >= 0.6 is 0 Å². The highest BCUT2D eigenvalue weighted by Crippen LogP contribution is 2.43. The van der Waals surface area contributed by atoms with E-state index in [2.05, 4.69) is 288 Å². The van der Waals surface area contributed by atoms with Gasteiger partial charge in [-0.15, -0.1) is 0 Å². The summed E-state index contributed by atoms with van der Waals surface area (Å²) in [5.41, 5.74) is 28.0. The number of allylic oxidation sites excluding steroid dienone is 12. The lowest BCUT2D eigenvalue weighted by molar-refractivity contribution is 0.942. The second-order valence-corrected chi connectivity index (χ2v) is 21.4. The summed E-state index contributed by atoms with van der Waals surface area (Å²) >= 11 is 0. The zero-order chi connectivity index (χ0) is 52.2. The maximum Gasteiger partial charge on any atom is 0.0542 e. The van der Waals surface area contributed by atoms with Crippen LogP contribution in [-0.2, 0) is 12.8 Å². The Morgan fingerprint density at radius 1 is 0.405 bits per heavy atom. The molecule has 79 heavy (non-hydrogen) atoms.